The SMILES string of the molecule is COCC(O)CN(C)Cc1nc2ccccc2o1. The standard InChI is InChI=1S/C13H18N2O3/c1-15(7-10(16)9-17-2)8-13-14-11-5-3-4-6-12(11)18-13/h3-6,10,16H,7-9H2,1-2H3. The lowest BCUT2D eigenvalue weighted by Gasteiger charge is -2.18. The molecule has 0 aliphatic heterocycles. The van der Waals surface area contributed by atoms with Crippen LogP contribution in [0.4, 0.5) is 0 Å². The number of aliphatic hydroxyl groups is 1. The van der Waals surface area contributed by atoms with Gasteiger partial charge in [-0.15, -0.1) is 0 Å². The molecule has 2 aromatic rings. The summed E-state index contributed by atoms with van der Waals surface area (Å²) in [6.07, 6.45) is -0.496. The fourth-order valence-corrected chi connectivity index (χ4v) is 1.89. The third kappa shape index (κ3) is 3.29. The van der Waals surface area contributed by atoms with Gasteiger partial charge in [-0.05, 0) is 19.2 Å². The number of oxazole rings is 1. The summed E-state index contributed by atoms with van der Waals surface area (Å²) >= 11 is 0. The van der Waals surface area contributed by atoms with Gasteiger partial charge < -0.3 is 14.3 Å². The molecule has 1 aromatic carbocycles. The van der Waals surface area contributed by atoms with Crippen LogP contribution in [0.25, 0.3) is 11.1 Å². The van der Waals surface area contributed by atoms with Gasteiger partial charge in [0.15, 0.2) is 5.58 Å². The van der Waals surface area contributed by atoms with Crippen molar-refractivity contribution in [2.75, 3.05) is 27.3 Å². The summed E-state index contributed by atoms with van der Waals surface area (Å²) in [5, 5.41) is 9.62. The third-order valence-corrected chi connectivity index (χ3v) is 2.62. The van der Waals surface area contributed by atoms with Crippen LogP contribution in [0.1, 0.15) is 5.89 Å². The van der Waals surface area contributed by atoms with Crippen LogP contribution in [-0.2, 0) is 11.3 Å². The highest BCUT2D eigenvalue weighted by atomic mass is 16.5. The maximum absolute atomic E-state index is 9.62. The van der Waals surface area contributed by atoms with Gasteiger partial charge in [0, 0.05) is 13.7 Å². The summed E-state index contributed by atoms with van der Waals surface area (Å²) in [5.74, 6) is 0.656. The van der Waals surface area contributed by atoms with E-state index < -0.39 is 6.10 Å². The number of nitrogens with zero attached hydrogens (tertiary/aromatic N) is 2. The Morgan fingerprint density at radius 1 is 1.44 bits per heavy atom. The van der Waals surface area contributed by atoms with Crippen LogP contribution in [-0.4, -0.2) is 48.4 Å². The Hall–Kier alpha value is -1.43. The van der Waals surface area contributed by atoms with Gasteiger partial charge in [-0.2, -0.15) is 0 Å². The molecule has 5 heteroatoms. The fraction of sp³-hybridized carbons (Fsp3) is 0.462. The molecular weight excluding hydrogens is 232 g/mol. The fourth-order valence-electron chi connectivity index (χ4n) is 1.89. The molecule has 2 rings (SSSR count). The third-order valence-electron chi connectivity index (χ3n) is 2.62. The molecule has 0 aliphatic carbocycles. The number of rotatable bonds is 6. The van der Waals surface area contributed by atoms with Gasteiger partial charge in [0.2, 0.25) is 5.89 Å². The number of aromatic nitrogens is 1. The van der Waals surface area contributed by atoms with Gasteiger partial charge in [0.1, 0.15) is 5.52 Å². The van der Waals surface area contributed by atoms with Crippen molar-refractivity contribution < 1.29 is 14.3 Å². The lowest BCUT2D eigenvalue weighted by atomic mass is 10.3. The van der Waals surface area contributed by atoms with Crippen molar-refractivity contribution in [1.82, 2.24) is 9.88 Å². The highest BCUT2D eigenvalue weighted by molar-refractivity contribution is 5.72. The summed E-state index contributed by atoms with van der Waals surface area (Å²) in [6, 6.07) is 7.66. The highest BCUT2D eigenvalue weighted by Gasteiger charge is 2.11. The van der Waals surface area contributed by atoms with Crippen molar-refractivity contribution in [1.29, 1.82) is 0 Å². The molecule has 0 radical (unpaired) electrons. The molecule has 0 bridgehead atoms. The van der Waals surface area contributed by atoms with E-state index in [0.29, 0.717) is 25.6 Å². The number of aliphatic hydroxyl groups excluding tert-OH is 1. The van der Waals surface area contributed by atoms with Gasteiger partial charge in [0.25, 0.3) is 0 Å². The first kappa shape index (κ1) is 13.0. The van der Waals surface area contributed by atoms with Crippen LogP contribution >= 0.6 is 0 Å². The summed E-state index contributed by atoms with van der Waals surface area (Å²) < 4.78 is 10.5. The smallest absolute Gasteiger partial charge is 0.209 e. The highest BCUT2D eigenvalue weighted by Crippen LogP contribution is 2.15. The van der Waals surface area contributed by atoms with Crippen molar-refractivity contribution in [2.24, 2.45) is 0 Å². The molecule has 0 spiro atoms. The van der Waals surface area contributed by atoms with E-state index in [-0.39, 0.29) is 0 Å². The molecule has 98 valence electrons. The number of hydrogen-bond acceptors (Lipinski definition) is 5. The number of para-hydroxylation sites is 2. The maximum Gasteiger partial charge on any atom is 0.209 e. The Balaban J connectivity index is 1.96. The average molecular weight is 250 g/mol. The van der Waals surface area contributed by atoms with E-state index in [1.807, 2.05) is 36.2 Å². The lowest BCUT2D eigenvalue weighted by Crippen LogP contribution is -2.31. The van der Waals surface area contributed by atoms with Crippen LogP contribution in [0.15, 0.2) is 28.7 Å². The van der Waals surface area contributed by atoms with Crippen molar-refractivity contribution >= 4 is 11.1 Å². The van der Waals surface area contributed by atoms with E-state index in [4.69, 9.17) is 9.15 Å². The summed E-state index contributed by atoms with van der Waals surface area (Å²) in [5.41, 5.74) is 1.65. The number of hydrogen-bond donors (Lipinski definition) is 1. The van der Waals surface area contributed by atoms with Gasteiger partial charge in [-0.3, -0.25) is 4.90 Å². The molecule has 0 fully saturated rings. The number of fused-ring (bicyclic) bond motifs is 1. The van der Waals surface area contributed by atoms with E-state index in [9.17, 15) is 5.11 Å². The van der Waals surface area contributed by atoms with Crippen LogP contribution < -0.4 is 0 Å². The van der Waals surface area contributed by atoms with E-state index in [2.05, 4.69) is 4.98 Å². The second-order valence-corrected chi connectivity index (χ2v) is 4.38. The normalized spacial score (nSPS) is 13.3. The first-order valence-electron chi connectivity index (χ1n) is 5.89. The molecular formula is C13H18N2O3. The summed E-state index contributed by atoms with van der Waals surface area (Å²) in [4.78, 5) is 6.34. The minimum absolute atomic E-state index is 0.331. The van der Waals surface area contributed by atoms with E-state index >= 15 is 0 Å². The molecule has 1 atom stereocenters. The first-order valence-corrected chi connectivity index (χ1v) is 5.89. The molecule has 18 heavy (non-hydrogen) atoms. The molecule has 1 N–H and O–H groups in total. The van der Waals surface area contributed by atoms with Gasteiger partial charge >= 0.3 is 0 Å². The number of likely N-dealkylation sites (N-methyl/N-ethyl adjacent to an activating group) is 1. The number of methoxy groups -OCH3 is 1. The Bertz CT molecular complexity index is 465. The molecule has 0 saturated heterocycles. The van der Waals surface area contributed by atoms with Crippen LogP contribution in [0.5, 0.6) is 0 Å². The summed E-state index contributed by atoms with van der Waals surface area (Å²) in [6.45, 7) is 1.42. The first-order chi connectivity index (χ1) is 8.69. The van der Waals surface area contributed by atoms with Crippen LogP contribution in [0.2, 0.25) is 0 Å². The number of benzene rings is 1. The Kier molecular flexibility index (Phi) is 4.30. The van der Waals surface area contributed by atoms with Gasteiger partial charge in [-0.25, -0.2) is 4.98 Å². The van der Waals surface area contributed by atoms with Crippen molar-refractivity contribution in [2.45, 2.75) is 12.6 Å². The molecule has 1 unspecified atom stereocenters. The quantitative estimate of drug-likeness (QED) is 0.836. The van der Waals surface area contributed by atoms with Gasteiger partial charge in [-0.1, -0.05) is 12.1 Å². The zero-order valence-electron chi connectivity index (χ0n) is 10.7. The Morgan fingerprint density at radius 3 is 2.94 bits per heavy atom. The average Bonchev–Trinajstić information content (AvgIpc) is 2.70. The minimum Gasteiger partial charge on any atom is -0.439 e. The zero-order valence-corrected chi connectivity index (χ0v) is 10.7. The van der Waals surface area contributed by atoms with Crippen LogP contribution in [0.3, 0.4) is 0 Å². The van der Waals surface area contributed by atoms with Crippen molar-refractivity contribution in [3.8, 4) is 0 Å². The van der Waals surface area contributed by atoms with E-state index in [0.717, 1.165) is 11.1 Å². The largest absolute Gasteiger partial charge is 0.439 e. The molecule has 1 heterocycles. The van der Waals surface area contributed by atoms with Gasteiger partial charge in [0.05, 0.1) is 19.3 Å². The maximum atomic E-state index is 9.62. The molecule has 0 aliphatic rings. The predicted octanol–water partition coefficient (Wildman–Crippen LogP) is 1.27. The zero-order chi connectivity index (χ0) is 13.0. The van der Waals surface area contributed by atoms with E-state index in [1.165, 1.54) is 0 Å². The molecule has 0 amide bonds. The minimum atomic E-state index is -0.496. The van der Waals surface area contributed by atoms with Crippen LogP contribution in [0, 0.1) is 0 Å². The molecule has 5 nitrogen and oxygen atoms in total. The lowest BCUT2D eigenvalue weighted by molar-refractivity contribution is 0.0405. The molecule has 0 saturated carbocycles. The molecule has 1 aromatic heterocycles. The topological polar surface area (TPSA) is 58.7 Å². The Labute approximate surface area is 106 Å². The number of ether oxygens (including phenoxy) is 1. The predicted molar refractivity (Wildman–Crippen MR) is 68.2 cm³/mol. The summed E-state index contributed by atoms with van der Waals surface area (Å²) in [7, 11) is 3.48. The second-order valence-electron chi connectivity index (χ2n) is 4.38. The van der Waals surface area contributed by atoms with Crippen molar-refractivity contribution in [3.05, 3.63) is 30.2 Å². The van der Waals surface area contributed by atoms with E-state index in [1.54, 1.807) is 7.11 Å². The second kappa shape index (κ2) is 5.95. The Morgan fingerprint density at radius 2 is 2.22 bits per heavy atom. The monoisotopic (exact) mass is 250 g/mol. The van der Waals surface area contributed by atoms with Crippen molar-refractivity contribution in [3.63, 3.8) is 0 Å².